The number of hydrogen-bond donors (Lipinski definition) is 2. The first kappa shape index (κ1) is 27.6. The fourth-order valence-electron chi connectivity index (χ4n) is 5.21. The van der Waals surface area contributed by atoms with Crippen molar-refractivity contribution in [3.05, 3.63) is 70.7 Å². The molecular weight excluding hydrogens is 576 g/mol. The van der Waals surface area contributed by atoms with E-state index in [1.807, 2.05) is 31.2 Å². The lowest BCUT2D eigenvalue weighted by Gasteiger charge is -2.38. The van der Waals surface area contributed by atoms with Crippen LogP contribution in [0.5, 0.6) is 17.2 Å². The van der Waals surface area contributed by atoms with Gasteiger partial charge in [-0.3, -0.25) is 14.5 Å². The van der Waals surface area contributed by atoms with Crippen molar-refractivity contribution >= 4 is 45.6 Å². The third-order valence-corrected chi connectivity index (χ3v) is 9.05. The summed E-state index contributed by atoms with van der Waals surface area (Å²) in [5.74, 6) is 1.44. The molecule has 0 radical (unpaired) electrons. The number of hydrogen-bond acceptors (Lipinski definition) is 12. The fraction of sp³-hybridized carbons (Fsp3) is 0.276. The molecule has 11 nitrogen and oxygen atoms in total. The van der Waals surface area contributed by atoms with Gasteiger partial charge in [-0.15, -0.1) is 10.2 Å². The minimum atomic E-state index is -0.577. The van der Waals surface area contributed by atoms with Crippen molar-refractivity contribution in [2.24, 2.45) is 5.73 Å². The molecule has 0 saturated heterocycles. The first-order valence-corrected chi connectivity index (χ1v) is 15.1. The van der Waals surface area contributed by atoms with Crippen LogP contribution >= 0.6 is 23.1 Å². The number of nitrogens with zero attached hydrogens (tertiary/aromatic N) is 4. The Hall–Kier alpha value is -4.54. The van der Waals surface area contributed by atoms with Gasteiger partial charge in [0, 0.05) is 29.4 Å². The zero-order valence-corrected chi connectivity index (χ0v) is 24.2. The molecule has 3 aliphatic rings. The largest absolute Gasteiger partial charge is 0.494 e. The van der Waals surface area contributed by atoms with E-state index in [1.54, 1.807) is 23.1 Å². The number of thioether (sulfide) groups is 1. The molecule has 0 saturated carbocycles. The van der Waals surface area contributed by atoms with Gasteiger partial charge >= 0.3 is 0 Å². The van der Waals surface area contributed by atoms with E-state index in [-0.39, 0.29) is 35.6 Å². The summed E-state index contributed by atoms with van der Waals surface area (Å²) in [5, 5.41) is 22.1. The van der Waals surface area contributed by atoms with E-state index in [0.717, 1.165) is 11.3 Å². The van der Waals surface area contributed by atoms with Gasteiger partial charge < -0.3 is 25.3 Å². The minimum Gasteiger partial charge on any atom is -0.494 e. The number of rotatable bonds is 8. The number of allylic oxidation sites excluding steroid dienone is 3. The fourth-order valence-corrected chi connectivity index (χ4v) is 6.89. The molecule has 2 aromatic carbocycles. The second-order valence-corrected chi connectivity index (χ2v) is 11.8. The maximum Gasteiger partial charge on any atom is 0.234 e. The van der Waals surface area contributed by atoms with Gasteiger partial charge in [-0.25, -0.2) is 0 Å². The Morgan fingerprint density at radius 1 is 1.21 bits per heavy atom. The highest BCUT2D eigenvalue weighted by Gasteiger charge is 2.41. The molecule has 0 bridgehead atoms. The smallest absolute Gasteiger partial charge is 0.234 e. The normalized spacial score (nSPS) is 17.7. The molecule has 0 spiro atoms. The summed E-state index contributed by atoms with van der Waals surface area (Å²) in [6, 6.07) is 14.9. The second kappa shape index (κ2) is 11.8. The summed E-state index contributed by atoms with van der Waals surface area (Å²) in [5.41, 5.74) is 9.60. The number of carbonyl (C=O) groups is 2. The predicted octanol–water partition coefficient (Wildman–Crippen LogP) is 4.70. The van der Waals surface area contributed by atoms with Crippen LogP contribution in [0.1, 0.15) is 37.7 Å². The third-order valence-electron chi connectivity index (χ3n) is 7.01. The third kappa shape index (κ3) is 5.26. The van der Waals surface area contributed by atoms with Crippen molar-refractivity contribution in [3.8, 4) is 23.3 Å². The molecule has 3 aromatic rings. The lowest BCUT2D eigenvalue weighted by Crippen LogP contribution is -2.38. The number of nitriles is 1. The molecule has 2 aliphatic heterocycles. The van der Waals surface area contributed by atoms with Crippen molar-refractivity contribution < 1.29 is 23.8 Å². The van der Waals surface area contributed by atoms with E-state index in [4.69, 9.17) is 19.9 Å². The lowest BCUT2D eigenvalue weighted by molar-refractivity contribution is -0.116. The van der Waals surface area contributed by atoms with E-state index >= 15 is 0 Å². The number of ether oxygens (including phenoxy) is 3. The average Bonchev–Trinajstić information content (AvgIpc) is 3.66. The van der Waals surface area contributed by atoms with Crippen LogP contribution in [0.15, 0.2) is 69.5 Å². The minimum absolute atomic E-state index is 0.0142. The second-order valence-electron chi connectivity index (χ2n) is 9.57. The van der Waals surface area contributed by atoms with E-state index in [1.165, 1.54) is 23.1 Å². The number of amides is 1. The highest BCUT2D eigenvalue weighted by molar-refractivity contribution is 8.01. The van der Waals surface area contributed by atoms with E-state index in [0.29, 0.717) is 63.8 Å². The number of anilines is 2. The SMILES string of the molecule is CCOc1ccc(C2C(C#N)=C(N)N(c3nnc(SCC(=O)Nc4ccc5c(c4)OCO5)s3)C3=C2C(=O)CCC3)cc1. The van der Waals surface area contributed by atoms with Gasteiger partial charge in [-0.1, -0.05) is 35.2 Å². The molecular formula is C29H26N6O5S2. The van der Waals surface area contributed by atoms with Crippen LogP contribution in [0.2, 0.25) is 0 Å². The molecule has 1 unspecified atom stereocenters. The molecule has 1 atom stereocenters. The molecule has 3 N–H and O–H groups in total. The zero-order chi connectivity index (χ0) is 29.2. The summed E-state index contributed by atoms with van der Waals surface area (Å²) in [4.78, 5) is 27.6. The van der Waals surface area contributed by atoms with E-state index in [2.05, 4.69) is 21.6 Å². The highest BCUT2D eigenvalue weighted by Crippen LogP contribution is 2.47. The lowest BCUT2D eigenvalue weighted by atomic mass is 9.76. The average molecular weight is 603 g/mol. The van der Waals surface area contributed by atoms with Gasteiger partial charge in [0.15, 0.2) is 21.6 Å². The van der Waals surface area contributed by atoms with Crippen LogP contribution in [0.25, 0.3) is 0 Å². The summed E-state index contributed by atoms with van der Waals surface area (Å²) in [6.07, 6.45) is 1.67. The Bertz CT molecular complexity index is 1660. The summed E-state index contributed by atoms with van der Waals surface area (Å²) >= 11 is 2.48. The van der Waals surface area contributed by atoms with Gasteiger partial charge in [0.2, 0.25) is 17.8 Å². The van der Waals surface area contributed by atoms with E-state index in [9.17, 15) is 14.9 Å². The molecule has 1 aromatic heterocycles. The number of Topliss-reactive ketones (excluding diaryl/α,β-unsaturated/α-hetero) is 1. The van der Waals surface area contributed by atoms with Crippen molar-refractivity contribution in [1.82, 2.24) is 10.2 Å². The van der Waals surface area contributed by atoms with Crippen molar-refractivity contribution in [3.63, 3.8) is 0 Å². The van der Waals surface area contributed by atoms with Crippen LogP contribution in [-0.2, 0) is 9.59 Å². The van der Waals surface area contributed by atoms with Crippen LogP contribution in [0, 0.1) is 11.3 Å². The Balaban J connectivity index is 1.23. The first-order valence-electron chi connectivity index (χ1n) is 13.3. The standard InChI is InChI=1S/C29H26N6O5S2/c1-2-38-18-9-6-16(7-10-18)25-19(13-30)27(31)35(20-4-3-5-21(36)26(20)25)28-33-34-29(42-28)41-14-24(37)32-17-8-11-22-23(12-17)40-15-39-22/h6-12,25H,2-5,14-15,31H2,1H3,(H,32,37). The molecule has 3 heterocycles. The Kier molecular flexibility index (Phi) is 7.73. The number of benzene rings is 2. The maximum absolute atomic E-state index is 13.3. The van der Waals surface area contributed by atoms with E-state index < -0.39 is 5.92 Å². The molecule has 0 fully saturated rings. The zero-order valence-electron chi connectivity index (χ0n) is 22.6. The van der Waals surface area contributed by atoms with Crippen LogP contribution < -0.4 is 30.2 Å². The summed E-state index contributed by atoms with van der Waals surface area (Å²) in [6.45, 7) is 2.60. The van der Waals surface area contributed by atoms with Crippen LogP contribution in [0.3, 0.4) is 0 Å². The quantitative estimate of drug-likeness (QED) is 0.345. The Morgan fingerprint density at radius 2 is 2.02 bits per heavy atom. The van der Waals surface area contributed by atoms with Crippen molar-refractivity contribution in [1.29, 1.82) is 5.26 Å². The number of ketones is 1. The number of nitrogens with two attached hydrogens (primary N) is 1. The number of nitrogens with one attached hydrogen (secondary N) is 1. The summed E-state index contributed by atoms with van der Waals surface area (Å²) in [7, 11) is 0. The van der Waals surface area contributed by atoms with Gasteiger partial charge in [-0.05, 0) is 49.6 Å². The predicted molar refractivity (Wildman–Crippen MR) is 157 cm³/mol. The molecule has 1 amide bonds. The Morgan fingerprint density at radius 3 is 2.81 bits per heavy atom. The maximum atomic E-state index is 13.3. The highest BCUT2D eigenvalue weighted by atomic mass is 32.2. The van der Waals surface area contributed by atoms with Gasteiger partial charge in [0.05, 0.1) is 29.9 Å². The molecule has 42 heavy (non-hydrogen) atoms. The van der Waals surface area contributed by atoms with Crippen LogP contribution in [0.4, 0.5) is 10.8 Å². The molecule has 13 heteroatoms. The Labute approximate surface area is 250 Å². The number of aromatic nitrogens is 2. The van der Waals surface area contributed by atoms with Gasteiger partial charge in [0.1, 0.15) is 11.6 Å². The van der Waals surface area contributed by atoms with Gasteiger partial charge in [-0.2, -0.15) is 5.26 Å². The first-order chi connectivity index (χ1) is 20.5. The number of carbonyl (C=O) groups excluding carboxylic acids is 2. The van der Waals surface area contributed by atoms with Gasteiger partial charge in [0.25, 0.3) is 0 Å². The van der Waals surface area contributed by atoms with Crippen molar-refractivity contribution in [2.75, 3.05) is 29.4 Å². The molecule has 214 valence electrons. The van der Waals surface area contributed by atoms with Crippen LogP contribution in [-0.4, -0.2) is 41.0 Å². The molecule has 6 rings (SSSR count). The topological polar surface area (TPSA) is 153 Å². The molecule has 1 aliphatic carbocycles. The monoisotopic (exact) mass is 602 g/mol. The number of fused-ring (bicyclic) bond motifs is 1. The summed E-state index contributed by atoms with van der Waals surface area (Å²) < 4.78 is 16.8. The van der Waals surface area contributed by atoms with Crippen molar-refractivity contribution in [2.45, 2.75) is 36.4 Å².